The number of rotatable bonds is 4. The topological polar surface area (TPSA) is 61.0 Å². The Balaban J connectivity index is 2.17. The molecule has 84 valence electrons. The molecule has 0 aliphatic rings. The number of thiazole rings is 1. The molecule has 5 heteroatoms. The van der Waals surface area contributed by atoms with Gasteiger partial charge in [-0.1, -0.05) is 6.07 Å². The Morgan fingerprint density at radius 1 is 1.56 bits per heavy atom. The summed E-state index contributed by atoms with van der Waals surface area (Å²) in [6, 6.07) is 3.70. The number of aromatic nitrogens is 2. The predicted octanol–water partition coefficient (Wildman–Crippen LogP) is 1.79. The average Bonchev–Trinajstić information content (AvgIpc) is 2.81. The fraction of sp³-hybridized carbons (Fsp3) is 0.273. The molecule has 0 bridgehead atoms. The van der Waals surface area contributed by atoms with E-state index in [0.717, 1.165) is 12.0 Å². The Labute approximate surface area is 98.1 Å². The summed E-state index contributed by atoms with van der Waals surface area (Å²) in [5, 5.41) is 0. The van der Waals surface area contributed by atoms with Crippen molar-refractivity contribution < 1.29 is 4.74 Å². The fourth-order valence-electron chi connectivity index (χ4n) is 1.53. The maximum absolute atomic E-state index is 6.12. The minimum absolute atomic E-state index is 0.107. The summed E-state index contributed by atoms with van der Waals surface area (Å²) in [5.41, 5.74) is 8.86. The van der Waals surface area contributed by atoms with Gasteiger partial charge in [0, 0.05) is 35.3 Å². The Kier molecular flexibility index (Phi) is 3.48. The molecule has 0 radical (unpaired) electrons. The first-order valence-corrected chi connectivity index (χ1v) is 5.81. The summed E-state index contributed by atoms with van der Waals surface area (Å²) in [5.74, 6) is 0.597. The van der Waals surface area contributed by atoms with Crippen LogP contribution in [0.5, 0.6) is 5.88 Å². The molecular weight excluding hydrogens is 222 g/mol. The van der Waals surface area contributed by atoms with Crippen LogP contribution in [0.25, 0.3) is 0 Å². The predicted molar refractivity (Wildman–Crippen MR) is 63.5 cm³/mol. The molecule has 0 fully saturated rings. The fourth-order valence-corrected chi connectivity index (χ4v) is 2.18. The lowest BCUT2D eigenvalue weighted by Crippen LogP contribution is -2.14. The summed E-state index contributed by atoms with van der Waals surface area (Å²) in [6.07, 6.45) is 4.29. The zero-order valence-electron chi connectivity index (χ0n) is 8.96. The quantitative estimate of drug-likeness (QED) is 0.877. The van der Waals surface area contributed by atoms with E-state index in [4.69, 9.17) is 10.5 Å². The van der Waals surface area contributed by atoms with Crippen LogP contribution in [0.2, 0.25) is 0 Å². The third kappa shape index (κ3) is 2.37. The van der Waals surface area contributed by atoms with Crippen molar-refractivity contribution in [2.45, 2.75) is 12.5 Å². The molecule has 16 heavy (non-hydrogen) atoms. The lowest BCUT2D eigenvalue weighted by Gasteiger charge is -2.13. The largest absolute Gasteiger partial charge is 0.481 e. The van der Waals surface area contributed by atoms with Gasteiger partial charge in [-0.25, -0.2) is 4.98 Å². The third-order valence-electron chi connectivity index (χ3n) is 2.30. The summed E-state index contributed by atoms with van der Waals surface area (Å²) in [4.78, 5) is 9.33. The zero-order chi connectivity index (χ0) is 11.4. The minimum Gasteiger partial charge on any atom is -0.481 e. The van der Waals surface area contributed by atoms with Crippen LogP contribution >= 0.6 is 11.3 Å². The molecule has 1 unspecified atom stereocenters. The number of hydrogen-bond donors (Lipinski definition) is 1. The van der Waals surface area contributed by atoms with Gasteiger partial charge in [-0.15, -0.1) is 11.3 Å². The monoisotopic (exact) mass is 235 g/mol. The molecule has 1 atom stereocenters. The first kappa shape index (κ1) is 11.0. The molecule has 0 saturated carbocycles. The molecule has 4 nitrogen and oxygen atoms in total. The van der Waals surface area contributed by atoms with E-state index in [2.05, 4.69) is 9.97 Å². The summed E-state index contributed by atoms with van der Waals surface area (Å²) < 4.78 is 5.18. The van der Waals surface area contributed by atoms with Gasteiger partial charge in [0.2, 0.25) is 5.88 Å². The van der Waals surface area contributed by atoms with Gasteiger partial charge in [0.25, 0.3) is 0 Å². The van der Waals surface area contributed by atoms with Gasteiger partial charge in [0.05, 0.1) is 12.6 Å². The molecule has 0 aliphatic carbocycles. The van der Waals surface area contributed by atoms with E-state index in [1.165, 1.54) is 4.88 Å². The van der Waals surface area contributed by atoms with Crippen LogP contribution in [0, 0.1) is 0 Å². The second-order valence-corrected chi connectivity index (χ2v) is 4.35. The normalized spacial score (nSPS) is 12.4. The van der Waals surface area contributed by atoms with Gasteiger partial charge in [0.1, 0.15) is 0 Å². The highest BCUT2D eigenvalue weighted by atomic mass is 32.1. The van der Waals surface area contributed by atoms with Crippen molar-refractivity contribution in [2.75, 3.05) is 7.11 Å². The maximum Gasteiger partial charge on any atom is 0.217 e. The lowest BCUT2D eigenvalue weighted by molar-refractivity contribution is 0.388. The first-order valence-electron chi connectivity index (χ1n) is 4.93. The van der Waals surface area contributed by atoms with Gasteiger partial charge in [-0.2, -0.15) is 0 Å². The highest BCUT2D eigenvalue weighted by Gasteiger charge is 2.13. The van der Waals surface area contributed by atoms with E-state index in [-0.39, 0.29) is 6.04 Å². The molecule has 0 spiro atoms. The Morgan fingerprint density at radius 3 is 3.12 bits per heavy atom. The van der Waals surface area contributed by atoms with Crippen molar-refractivity contribution in [3.63, 3.8) is 0 Å². The van der Waals surface area contributed by atoms with Crippen molar-refractivity contribution in [1.82, 2.24) is 9.97 Å². The van der Waals surface area contributed by atoms with Crippen LogP contribution in [-0.2, 0) is 6.42 Å². The second-order valence-electron chi connectivity index (χ2n) is 3.38. The Hall–Kier alpha value is -1.46. The van der Waals surface area contributed by atoms with E-state index in [9.17, 15) is 0 Å². The molecule has 2 N–H and O–H groups in total. The standard InChI is InChI=1S/C11H13N3OS/c1-15-11-9(3-2-4-14-11)10(12)5-8-6-13-7-16-8/h2-4,6-7,10H,5,12H2,1H3. The first-order chi connectivity index (χ1) is 7.81. The summed E-state index contributed by atoms with van der Waals surface area (Å²) >= 11 is 1.61. The summed E-state index contributed by atoms with van der Waals surface area (Å²) in [6.45, 7) is 0. The molecule has 0 saturated heterocycles. The minimum atomic E-state index is -0.107. The zero-order valence-corrected chi connectivity index (χ0v) is 9.78. The van der Waals surface area contributed by atoms with E-state index in [0.29, 0.717) is 5.88 Å². The van der Waals surface area contributed by atoms with Crippen LogP contribution in [0.3, 0.4) is 0 Å². The smallest absolute Gasteiger partial charge is 0.217 e. The third-order valence-corrected chi connectivity index (χ3v) is 3.10. The van der Waals surface area contributed by atoms with Crippen LogP contribution in [0.1, 0.15) is 16.5 Å². The van der Waals surface area contributed by atoms with Gasteiger partial charge in [-0.05, 0) is 6.07 Å². The molecule has 0 aromatic carbocycles. The molecule has 0 amide bonds. The van der Waals surface area contributed by atoms with Gasteiger partial charge in [-0.3, -0.25) is 4.98 Å². The molecule has 2 aromatic heterocycles. The van der Waals surface area contributed by atoms with Crippen molar-refractivity contribution in [1.29, 1.82) is 0 Å². The number of ether oxygens (including phenoxy) is 1. The highest BCUT2D eigenvalue weighted by molar-refractivity contribution is 7.09. The molecule has 2 heterocycles. The Morgan fingerprint density at radius 2 is 2.44 bits per heavy atom. The number of nitrogens with two attached hydrogens (primary N) is 1. The van der Waals surface area contributed by atoms with Gasteiger partial charge < -0.3 is 10.5 Å². The van der Waals surface area contributed by atoms with E-state index < -0.39 is 0 Å². The molecule has 0 aliphatic heterocycles. The van der Waals surface area contributed by atoms with Gasteiger partial charge >= 0.3 is 0 Å². The number of methoxy groups -OCH3 is 1. The maximum atomic E-state index is 6.12. The Bertz CT molecular complexity index is 444. The SMILES string of the molecule is COc1ncccc1C(N)Cc1cncs1. The van der Waals surface area contributed by atoms with Crippen molar-refractivity contribution in [3.05, 3.63) is 40.5 Å². The van der Waals surface area contributed by atoms with Crippen LogP contribution in [-0.4, -0.2) is 17.1 Å². The summed E-state index contributed by atoms with van der Waals surface area (Å²) in [7, 11) is 1.60. The number of nitrogens with zero attached hydrogens (tertiary/aromatic N) is 2. The highest BCUT2D eigenvalue weighted by Crippen LogP contribution is 2.24. The molecule has 2 aromatic rings. The molecular formula is C11H13N3OS. The second kappa shape index (κ2) is 5.05. The average molecular weight is 235 g/mol. The van der Waals surface area contributed by atoms with Crippen molar-refractivity contribution >= 4 is 11.3 Å². The number of hydrogen-bond acceptors (Lipinski definition) is 5. The van der Waals surface area contributed by atoms with Crippen molar-refractivity contribution in [2.24, 2.45) is 5.73 Å². The van der Waals surface area contributed by atoms with Crippen LogP contribution in [0.4, 0.5) is 0 Å². The van der Waals surface area contributed by atoms with E-state index in [1.807, 2.05) is 23.8 Å². The van der Waals surface area contributed by atoms with Crippen molar-refractivity contribution in [3.8, 4) is 5.88 Å². The lowest BCUT2D eigenvalue weighted by atomic mass is 10.1. The number of pyridine rings is 1. The molecule has 2 rings (SSSR count). The van der Waals surface area contributed by atoms with E-state index >= 15 is 0 Å². The van der Waals surface area contributed by atoms with Crippen LogP contribution < -0.4 is 10.5 Å². The van der Waals surface area contributed by atoms with E-state index in [1.54, 1.807) is 24.6 Å². The van der Waals surface area contributed by atoms with Crippen LogP contribution in [0.15, 0.2) is 30.0 Å². The van der Waals surface area contributed by atoms with Gasteiger partial charge in [0.15, 0.2) is 0 Å².